The van der Waals surface area contributed by atoms with Crippen LogP contribution in [0.1, 0.15) is 40.7 Å². The number of hydrogen-bond acceptors (Lipinski definition) is 5. The van der Waals surface area contributed by atoms with Gasteiger partial charge >= 0.3 is 6.18 Å². The van der Waals surface area contributed by atoms with Crippen LogP contribution in [0.2, 0.25) is 0 Å². The molecule has 2 heterocycles. The smallest absolute Gasteiger partial charge is 0.417 e. The number of nitrogens with one attached hydrogen (secondary N) is 1. The molecule has 6 nitrogen and oxygen atoms in total. The molecule has 176 valence electrons. The molecule has 1 saturated carbocycles. The molecule has 1 aliphatic rings. The van der Waals surface area contributed by atoms with Crippen LogP contribution in [0.15, 0.2) is 72.7 Å². The van der Waals surface area contributed by atoms with Crippen molar-refractivity contribution in [3.05, 3.63) is 89.4 Å². The van der Waals surface area contributed by atoms with E-state index in [-0.39, 0.29) is 23.9 Å². The Morgan fingerprint density at radius 1 is 1.15 bits per heavy atom. The fraction of sp³-hybridized carbons (Fsp3) is 0.240. The third-order valence-corrected chi connectivity index (χ3v) is 5.55. The summed E-state index contributed by atoms with van der Waals surface area (Å²) in [4.78, 5) is 20.1. The Morgan fingerprint density at radius 3 is 2.68 bits per heavy atom. The van der Waals surface area contributed by atoms with Gasteiger partial charge in [0.25, 0.3) is 5.91 Å². The lowest BCUT2D eigenvalue weighted by atomic mass is 9.86. The standard InChI is InChI=1S/C25H23F3N4O2/c26-25(27,28)19-7-9-23(31-15-19)34-20-5-1-3-16(12-20)11-17-6-8-22(21(29)13-17)32-24(33)18-4-2-10-30-14-18/h1-5,7,9-12,14-15,21-22H,6,8,13,29H2,(H,32,33)/b17-11+. The predicted octanol–water partition coefficient (Wildman–Crippen LogP) is 4.98. The lowest BCUT2D eigenvalue weighted by Crippen LogP contribution is -2.49. The van der Waals surface area contributed by atoms with Gasteiger partial charge in [0.1, 0.15) is 5.75 Å². The number of hydrogen-bond donors (Lipinski definition) is 2. The summed E-state index contributed by atoms with van der Waals surface area (Å²) in [5.41, 5.74) is 8.03. The van der Waals surface area contributed by atoms with Crippen LogP contribution in [0.5, 0.6) is 11.6 Å². The van der Waals surface area contributed by atoms with Gasteiger partial charge in [0.2, 0.25) is 5.88 Å². The molecule has 1 aromatic carbocycles. The van der Waals surface area contributed by atoms with Crippen LogP contribution in [-0.2, 0) is 6.18 Å². The minimum atomic E-state index is -4.45. The number of amides is 1. The number of nitrogens with two attached hydrogens (primary N) is 1. The molecular formula is C25H23F3N4O2. The van der Waals surface area contributed by atoms with E-state index in [0.29, 0.717) is 24.2 Å². The van der Waals surface area contributed by atoms with Gasteiger partial charge in [-0.25, -0.2) is 4.98 Å². The van der Waals surface area contributed by atoms with Gasteiger partial charge in [0.15, 0.2) is 0 Å². The first kappa shape index (κ1) is 23.4. The van der Waals surface area contributed by atoms with Crippen molar-refractivity contribution < 1.29 is 22.7 Å². The van der Waals surface area contributed by atoms with E-state index in [2.05, 4.69) is 15.3 Å². The summed E-state index contributed by atoms with van der Waals surface area (Å²) in [6.45, 7) is 0. The SMILES string of the molecule is NC1C/C(=C/c2cccc(Oc3ccc(C(F)(F)F)cn3)c2)CCC1NC(=O)c1cccnc1. The molecule has 4 rings (SSSR count). The highest BCUT2D eigenvalue weighted by molar-refractivity contribution is 5.94. The normalized spacial score (nSPS) is 19.6. The largest absolute Gasteiger partial charge is 0.439 e. The number of halogens is 3. The number of aromatic nitrogens is 2. The van der Waals surface area contributed by atoms with E-state index in [1.807, 2.05) is 12.1 Å². The lowest BCUT2D eigenvalue weighted by molar-refractivity contribution is -0.137. The Morgan fingerprint density at radius 2 is 2.00 bits per heavy atom. The second-order valence-electron chi connectivity index (χ2n) is 8.09. The van der Waals surface area contributed by atoms with Crippen LogP contribution in [0.3, 0.4) is 0 Å². The molecule has 2 unspecified atom stereocenters. The van der Waals surface area contributed by atoms with Crippen molar-refractivity contribution in [3.8, 4) is 11.6 Å². The number of alkyl halides is 3. The Kier molecular flexibility index (Phi) is 6.93. The van der Waals surface area contributed by atoms with Gasteiger partial charge in [-0.2, -0.15) is 13.2 Å². The van der Waals surface area contributed by atoms with E-state index < -0.39 is 11.7 Å². The highest BCUT2D eigenvalue weighted by Gasteiger charge is 2.30. The average Bonchev–Trinajstić information content (AvgIpc) is 2.81. The van der Waals surface area contributed by atoms with Crippen LogP contribution >= 0.6 is 0 Å². The Hall–Kier alpha value is -3.72. The maximum Gasteiger partial charge on any atom is 0.417 e. The highest BCUT2D eigenvalue weighted by Crippen LogP contribution is 2.31. The van der Waals surface area contributed by atoms with E-state index in [9.17, 15) is 18.0 Å². The first-order valence-electron chi connectivity index (χ1n) is 10.7. The van der Waals surface area contributed by atoms with Crippen molar-refractivity contribution in [2.75, 3.05) is 0 Å². The summed E-state index contributed by atoms with van der Waals surface area (Å²) < 4.78 is 43.7. The van der Waals surface area contributed by atoms with Gasteiger partial charge in [0.05, 0.1) is 11.1 Å². The zero-order chi connectivity index (χ0) is 24.1. The molecule has 9 heteroatoms. The van der Waals surface area contributed by atoms with Crippen molar-refractivity contribution >= 4 is 12.0 Å². The zero-order valence-corrected chi connectivity index (χ0v) is 18.1. The quantitative estimate of drug-likeness (QED) is 0.551. The van der Waals surface area contributed by atoms with E-state index in [4.69, 9.17) is 10.5 Å². The van der Waals surface area contributed by atoms with Crippen LogP contribution in [0.25, 0.3) is 6.08 Å². The monoisotopic (exact) mass is 468 g/mol. The third-order valence-electron chi connectivity index (χ3n) is 5.55. The first-order valence-corrected chi connectivity index (χ1v) is 10.7. The summed E-state index contributed by atoms with van der Waals surface area (Å²) in [5, 5.41) is 2.99. The molecule has 0 saturated heterocycles. The number of carbonyl (C=O) groups is 1. The van der Waals surface area contributed by atoms with Gasteiger partial charge in [-0.3, -0.25) is 9.78 Å². The first-order chi connectivity index (χ1) is 16.3. The van der Waals surface area contributed by atoms with E-state index in [1.165, 1.54) is 12.3 Å². The second kappa shape index (κ2) is 10.0. The molecule has 2 aromatic heterocycles. The molecule has 0 radical (unpaired) electrons. The fourth-order valence-electron chi connectivity index (χ4n) is 3.79. The maximum absolute atomic E-state index is 12.7. The summed E-state index contributed by atoms with van der Waals surface area (Å²) in [6, 6.07) is 12.4. The molecule has 2 atom stereocenters. The lowest BCUT2D eigenvalue weighted by Gasteiger charge is -2.31. The number of rotatable bonds is 5. The Labute approximate surface area is 194 Å². The summed E-state index contributed by atoms with van der Waals surface area (Å²) in [7, 11) is 0. The molecule has 0 bridgehead atoms. The molecule has 1 fully saturated rings. The van der Waals surface area contributed by atoms with Crippen molar-refractivity contribution in [1.29, 1.82) is 0 Å². The average molecular weight is 468 g/mol. The van der Waals surface area contributed by atoms with Gasteiger partial charge in [0, 0.05) is 36.7 Å². The van der Waals surface area contributed by atoms with Gasteiger partial charge in [-0.05, 0) is 55.2 Å². The maximum atomic E-state index is 12.7. The van der Waals surface area contributed by atoms with Crippen LogP contribution in [-0.4, -0.2) is 28.0 Å². The van der Waals surface area contributed by atoms with Crippen molar-refractivity contribution in [1.82, 2.24) is 15.3 Å². The van der Waals surface area contributed by atoms with Crippen LogP contribution < -0.4 is 15.8 Å². The number of ether oxygens (including phenoxy) is 1. The molecular weight excluding hydrogens is 445 g/mol. The molecule has 0 aliphatic heterocycles. The molecule has 34 heavy (non-hydrogen) atoms. The number of pyridine rings is 2. The van der Waals surface area contributed by atoms with Gasteiger partial charge in [-0.1, -0.05) is 23.8 Å². The van der Waals surface area contributed by atoms with Crippen molar-refractivity contribution in [2.45, 2.75) is 37.5 Å². The molecule has 1 amide bonds. The van der Waals surface area contributed by atoms with Crippen LogP contribution in [0, 0.1) is 0 Å². The van der Waals surface area contributed by atoms with Gasteiger partial charge < -0.3 is 15.8 Å². The molecule has 3 aromatic rings. The van der Waals surface area contributed by atoms with E-state index in [1.54, 1.807) is 36.5 Å². The van der Waals surface area contributed by atoms with Crippen molar-refractivity contribution in [2.24, 2.45) is 5.73 Å². The van der Waals surface area contributed by atoms with E-state index >= 15 is 0 Å². The number of nitrogens with zero attached hydrogens (tertiary/aromatic N) is 2. The van der Waals surface area contributed by atoms with E-state index in [0.717, 1.165) is 29.8 Å². The van der Waals surface area contributed by atoms with Gasteiger partial charge in [-0.15, -0.1) is 0 Å². The minimum Gasteiger partial charge on any atom is -0.439 e. The topological polar surface area (TPSA) is 90.1 Å². The Balaban J connectivity index is 1.37. The van der Waals surface area contributed by atoms with Crippen LogP contribution in [0.4, 0.5) is 13.2 Å². The Bertz CT molecular complexity index is 1160. The fourth-order valence-corrected chi connectivity index (χ4v) is 3.79. The molecule has 1 aliphatic carbocycles. The summed E-state index contributed by atoms with van der Waals surface area (Å²) >= 11 is 0. The van der Waals surface area contributed by atoms with Crippen molar-refractivity contribution in [3.63, 3.8) is 0 Å². The highest BCUT2D eigenvalue weighted by atomic mass is 19.4. The third kappa shape index (κ3) is 5.99. The molecule has 3 N–H and O–H groups in total. The number of carbonyl (C=O) groups excluding carboxylic acids is 1. The minimum absolute atomic E-state index is 0.0738. The number of benzene rings is 1. The zero-order valence-electron chi connectivity index (χ0n) is 18.1. The summed E-state index contributed by atoms with van der Waals surface area (Å²) in [5.74, 6) is 0.343. The summed E-state index contributed by atoms with van der Waals surface area (Å²) in [6.07, 6.45) is 3.56. The second-order valence-corrected chi connectivity index (χ2v) is 8.09. The predicted molar refractivity (Wildman–Crippen MR) is 121 cm³/mol. The molecule has 0 spiro atoms.